The minimum atomic E-state index is 0.238. The molecule has 2 atom stereocenters. The van der Waals surface area contributed by atoms with Crippen LogP contribution >= 0.6 is 11.3 Å². The molecule has 1 N–H and O–H groups in total. The summed E-state index contributed by atoms with van der Waals surface area (Å²) < 4.78 is 5.74. The average molecular weight is 261 g/mol. The maximum Gasteiger partial charge on any atom is 0.206 e. The topological polar surface area (TPSA) is 47.0 Å². The number of nitrogens with one attached hydrogen (secondary N) is 1. The number of hydrogen-bond acceptors (Lipinski definition) is 5. The fourth-order valence-electron chi connectivity index (χ4n) is 2.20. The molecule has 2 unspecified atom stereocenters. The number of rotatable bonds is 2. The summed E-state index contributed by atoms with van der Waals surface area (Å²) in [6.45, 7) is 4.87. The van der Waals surface area contributed by atoms with Gasteiger partial charge in [0.25, 0.3) is 0 Å². The van der Waals surface area contributed by atoms with Gasteiger partial charge >= 0.3 is 0 Å². The van der Waals surface area contributed by atoms with Crippen molar-refractivity contribution in [2.75, 3.05) is 11.9 Å². The highest BCUT2D eigenvalue weighted by molar-refractivity contribution is 7.15. The summed E-state index contributed by atoms with van der Waals surface area (Å²) >= 11 is 1.58. The third-order valence-electron chi connectivity index (χ3n) is 3.13. The van der Waals surface area contributed by atoms with E-state index in [1.165, 1.54) is 5.56 Å². The normalized spacial score (nSPS) is 22.1. The molecule has 0 fully saturated rings. The molecule has 1 aromatic heterocycles. The van der Waals surface area contributed by atoms with Crippen LogP contribution in [0, 0.1) is 12.8 Å². The van der Waals surface area contributed by atoms with Gasteiger partial charge in [-0.05, 0) is 13.0 Å². The van der Waals surface area contributed by atoms with Crippen LogP contribution in [0.1, 0.15) is 23.5 Å². The fourth-order valence-corrected chi connectivity index (χ4v) is 2.83. The van der Waals surface area contributed by atoms with Crippen LogP contribution in [0.25, 0.3) is 0 Å². The maximum absolute atomic E-state index is 5.74. The summed E-state index contributed by atoms with van der Waals surface area (Å²) in [7, 11) is 0. The van der Waals surface area contributed by atoms with Gasteiger partial charge < -0.3 is 10.1 Å². The van der Waals surface area contributed by atoms with E-state index in [4.69, 9.17) is 4.74 Å². The van der Waals surface area contributed by atoms with Gasteiger partial charge in [0.15, 0.2) is 0 Å². The molecule has 1 aromatic carbocycles. The zero-order chi connectivity index (χ0) is 12.5. The Kier molecular flexibility index (Phi) is 2.91. The fraction of sp³-hybridized carbons (Fsp3) is 0.385. The molecular weight excluding hydrogens is 246 g/mol. The summed E-state index contributed by atoms with van der Waals surface area (Å²) in [5.74, 6) is 1.37. The first kappa shape index (κ1) is 11.5. The zero-order valence-corrected chi connectivity index (χ0v) is 11.2. The third kappa shape index (κ3) is 2.06. The molecule has 18 heavy (non-hydrogen) atoms. The second-order valence-electron chi connectivity index (χ2n) is 4.57. The Labute approximate surface area is 110 Å². The molecule has 0 saturated carbocycles. The number of aryl methyl sites for hydroxylation is 1. The van der Waals surface area contributed by atoms with Crippen molar-refractivity contribution in [1.82, 2.24) is 10.2 Å². The molecule has 2 aromatic rings. The average Bonchev–Trinajstić information content (AvgIpc) is 2.79. The van der Waals surface area contributed by atoms with Crippen molar-refractivity contribution in [3.63, 3.8) is 0 Å². The molecule has 0 spiro atoms. The highest BCUT2D eigenvalue weighted by Crippen LogP contribution is 2.37. The van der Waals surface area contributed by atoms with E-state index >= 15 is 0 Å². The molecule has 0 bridgehead atoms. The molecule has 0 aliphatic carbocycles. The largest absolute Gasteiger partial charge is 0.493 e. The highest BCUT2D eigenvalue weighted by atomic mass is 32.1. The number of hydrogen-bond donors (Lipinski definition) is 1. The molecule has 94 valence electrons. The van der Waals surface area contributed by atoms with E-state index in [0.29, 0.717) is 5.92 Å². The van der Waals surface area contributed by atoms with Gasteiger partial charge in [0.05, 0.1) is 12.6 Å². The smallest absolute Gasteiger partial charge is 0.206 e. The summed E-state index contributed by atoms with van der Waals surface area (Å²) in [5.41, 5.74) is 1.20. The van der Waals surface area contributed by atoms with Gasteiger partial charge in [-0.3, -0.25) is 0 Å². The van der Waals surface area contributed by atoms with E-state index < -0.39 is 0 Å². The molecule has 0 saturated heterocycles. The van der Waals surface area contributed by atoms with Gasteiger partial charge in [0.1, 0.15) is 10.8 Å². The Morgan fingerprint density at radius 3 is 2.94 bits per heavy atom. The van der Waals surface area contributed by atoms with Crippen molar-refractivity contribution >= 4 is 16.5 Å². The molecular formula is C13H15N3OS. The van der Waals surface area contributed by atoms with Crippen LogP contribution in [0.3, 0.4) is 0 Å². The second kappa shape index (κ2) is 4.57. The number of benzene rings is 1. The Bertz CT molecular complexity index is 555. The Hall–Kier alpha value is -1.62. The van der Waals surface area contributed by atoms with Crippen molar-refractivity contribution in [3.8, 4) is 5.75 Å². The summed E-state index contributed by atoms with van der Waals surface area (Å²) in [6, 6.07) is 8.40. The van der Waals surface area contributed by atoms with E-state index in [9.17, 15) is 0 Å². The van der Waals surface area contributed by atoms with Crippen LogP contribution < -0.4 is 10.1 Å². The highest BCUT2D eigenvalue weighted by Gasteiger charge is 2.28. The van der Waals surface area contributed by atoms with Gasteiger partial charge in [-0.25, -0.2) is 0 Å². The van der Waals surface area contributed by atoms with Gasteiger partial charge in [-0.2, -0.15) is 0 Å². The minimum Gasteiger partial charge on any atom is -0.493 e. The maximum atomic E-state index is 5.74. The summed E-state index contributed by atoms with van der Waals surface area (Å²) in [4.78, 5) is 0. The Morgan fingerprint density at radius 2 is 2.17 bits per heavy atom. The van der Waals surface area contributed by atoms with Gasteiger partial charge in [-0.15, -0.1) is 10.2 Å². The molecule has 2 heterocycles. The van der Waals surface area contributed by atoms with E-state index in [1.807, 2.05) is 25.1 Å². The molecule has 4 nitrogen and oxygen atoms in total. The van der Waals surface area contributed by atoms with Gasteiger partial charge in [0, 0.05) is 11.5 Å². The first-order valence-electron chi connectivity index (χ1n) is 6.02. The van der Waals surface area contributed by atoms with Crippen molar-refractivity contribution in [2.45, 2.75) is 19.9 Å². The molecule has 1 aliphatic rings. The van der Waals surface area contributed by atoms with Gasteiger partial charge in [-0.1, -0.05) is 36.5 Å². The van der Waals surface area contributed by atoms with Crippen molar-refractivity contribution in [3.05, 3.63) is 34.8 Å². The summed E-state index contributed by atoms with van der Waals surface area (Å²) in [6.07, 6.45) is 0. The van der Waals surface area contributed by atoms with E-state index in [0.717, 1.165) is 22.5 Å². The molecule has 3 rings (SSSR count). The minimum absolute atomic E-state index is 0.238. The lowest BCUT2D eigenvalue weighted by molar-refractivity contribution is 0.214. The monoisotopic (exact) mass is 261 g/mol. The van der Waals surface area contributed by atoms with E-state index in [1.54, 1.807) is 11.3 Å². The van der Waals surface area contributed by atoms with Crippen LogP contribution in [0.4, 0.5) is 5.13 Å². The van der Waals surface area contributed by atoms with Crippen LogP contribution in [0.2, 0.25) is 0 Å². The number of para-hydroxylation sites is 1. The zero-order valence-electron chi connectivity index (χ0n) is 10.4. The lowest BCUT2D eigenvalue weighted by atomic mass is 9.92. The van der Waals surface area contributed by atoms with Crippen molar-refractivity contribution in [2.24, 2.45) is 5.92 Å². The van der Waals surface area contributed by atoms with Crippen LogP contribution in [-0.4, -0.2) is 16.8 Å². The van der Waals surface area contributed by atoms with E-state index in [2.05, 4.69) is 28.5 Å². The number of nitrogens with zero attached hydrogens (tertiary/aromatic N) is 2. The second-order valence-corrected chi connectivity index (χ2v) is 5.76. The molecule has 0 radical (unpaired) electrons. The molecule has 0 amide bonds. The molecule has 1 aliphatic heterocycles. The first-order chi connectivity index (χ1) is 8.74. The number of fused-ring (bicyclic) bond motifs is 1. The standard InChI is InChI=1S/C13H15N3OS/c1-8-7-17-11-6-4-3-5-10(11)12(8)14-13-16-15-9(2)18-13/h3-6,8,12H,7H2,1-2H3,(H,14,16). The Morgan fingerprint density at radius 1 is 1.33 bits per heavy atom. The van der Waals surface area contributed by atoms with Gasteiger partial charge in [0.2, 0.25) is 5.13 Å². The Balaban J connectivity index is 1.91. The third-order valence-corrected chi connectivity index (χ3v) is 3.90. The summed E-state index contributed by atoms with van der Waals surface area (Å²) in [5, 5.41) is 13.5. The SMILES string of the molecule is Cc1nnc(NC2c3ccccc3OCC2C)s1. The number of anilines is 1. The van der Waals surface area contributed by atoms with E-state index in [-0.39, 0.29) is 6.04 Å². The predicted molar refractivity (Wildman–Crippen MR) is 72.1 cm³/mol. The van der Waals surface area contributed by atoms with Crippen LogP contribution in [0.15, 0.2) is 24.3 Å². The molecule has 5 heteroatoms. The lowest BCUT2D eigenvalue weighted by Gasteiger charge is -2.31. The number of aromatic nitrogens is 2. The van der Waals surface area contributed by atoms with Crippen molar-refractivity contribution in [1.29, 1.82) is 0 Å². The first-order valence-corrected chi connectivity index (χ1v) is 6.84. The van der Waals surface area contributed by atoms with Crippen LogP contribution in [-0.2, 0) is 0 Å². The number of ether oxygens (including phenoxy) is 1. The van der Waals surface area contributed by atoms with Crippen LogP contribution in [0.5, 0.6) is 5.75 Å². The predicted octanol–water partition coefficient (Wildman–Crippen LogP) is 3.03. The lowest BCUT2D eigenvalue weighted by Crippen LogP contribution is -2.28. The van der Waals surface area contributed by atoms with Crippen molar-refractivity contribution < 1.29 is 4.74 Å². The quantitative estimate of drug-likeness (QED) is 0.902.